The van der Waals surface area contributed by atoms with Gasteiger partial charge in [-0.1, -0.05) is 36.4 Å². The Morgan fingerprint density at radius 2 is 1.97 bits per heavy atom. The average Bonchev–Trinajstić information content (AvgIpc) is 3.37. The summed E-state index contributed by atoms with van der Waals surface area (Å²) in [5.74, 6) is 0.153. The fourth-order valence-electron chi connectivity index (χ4n) is 3.63. The molecule has 0 unspecified atom stereocenters. The van der Waals surface area contributed by atoms with Crippen molar-refractivity contribution < 1.29 is 14.4 Å². The van der Waals surface area contributed by atoms with Crippen LogP contribution in [-0.2, 0) is 22.6 Å². The van der Waals surface area contributed by atoms with E-state index in [1.165, 1.54) is 24.8 Å². The lowest BCUT2D eigenvalue weighted by Gasteiger charge is -2.09. The number of thiazole rings is 1. The first kappa shape index (κ1) is 21.6. The van der Waals surface area contributed by atoms with Crippen LogP contribution >= 0.6 is 11.3 Å². The lowest BCUT2D eigenvalue weighted by molar-refractivity contribution is -0.191. The molecule has 0 bridgehead atoms. The molecule has 5 nitrogen and oxygen atoms in total. The second-order valence-corrected chi connectivity index (χ2v) is 8.18. The molecule has 154 valence electrons. The number of rotatable bonds is 6. The van der Waals surface area contributed by atoms with Gasteiger partial charge in [0.25, 0.3) is 0 Å². The molecule has 0 saturated heterocycles. The summed E-state index contributed by atoms with van der Waals surface area (Å²) in [5.41, 5.74) is 5.35. The van der Waals surface area contributed by atoms with Gasteiger partial charge in [0.1, 0.15) is 5.01 Å². The van der Waals surface area contributed by atoms with Crippen molar-refractivity contribution in [2.75, 3.05) is 0 Å². The molecule has 0 N–H and O–H groups in total. The third-order valence-electron chi connectivity index (χ3n) is 4.98. The highest BCUT2D eigenvalue weighted by Gasteiger charge is 2.15. The summed E-state index contributed by atoms with van der Waals surface area (Å²) in [6.07, 6.45) is 9.92. The highest BCUT2D eigenvalue weighted by Crippen LogP contribution is 2.29. The largest absolute Gasteiger partial charge is 0.373 e. The maximum Gasteiger partial charge on any atom is 0.373 e. The molecule has 0 fully saturated rings. The van der Waals surface area contributed by atoms with Gasteiger partial charge in [-0.15, -0.1) is 11.3 Å². The third kappa shape index (κ3) is 5.72. The van der Waals surface area contributed by atoms with Crippen molar-refractivity contribution in [1.82, 2.24) is 9.55 Å². The first-order valence-corrected chi connectivity index (χ1v) is 10.9. The summed E-state index contributed by atoms with van der Waals surface area (Å²) in [7, 11) is 0. The van der Waals surface area contributed by atoms with E-state index in [0.29, 0.717) is 13.0 Å². The minimum atomic E-state index is 0.153. The second-order valence-electron chi connectivity index (χ2n) is 7.32. The van der Waals surface area contributed by atoms with Crippen molar-refractivity contribution in [2.24, 2.45) is 0 Å². The first-order chi connectivity index (χ1) is 14.6. The van der Waals surface area contributed by atoms with Gasteiger partial charge in [0.05, 0.1) is 17.9 Å². The van der Waals surface area contributed by atoms with E-state index < -0.39 is 0 Å². The normalized spacial score (nSPS) is 13.0. The standard InChI is InChI=1S/C23H24N2OS.CO2/c1-17-12-21(22(26)13-18-8-4-2-5-9-18)25(14-17)15-20-16-27-23(24-20)19-10-6-3-7-11-19;2-1-3/h2,4-5,8-10,12,14,16H,3,6-7,11,13,15H2,1H3;. The molecule has 2 aromatic heterocycles. The first-order valence-electron chi connectivity index (χ1n) is 9.97. The Morgan fingerprint density at radius 3 is 2.67 bits per heavy atom. The van der Waals surface area contributed by atoms with Gasteiger partial charge in [0, 0.05) is 18.0 Å². The molecule has 0 spiro atoms. The van der Waals surface area contributed by atoms with Crippen molar-refractivity contribution >= 4 is 28.8 Å². The number of aromatic nitrogens is 2. The average molecular weight is 421 g/mol. The Kier molecular flexibility index (Phi) is 7.66. The molecule has 4 rings (SSSR count). The van der Waals surface area contributed by atoms with Crippen LogP contribution in [-0.4, -0.2) is 21.5 Å². The van der Waals surface area contributed by atoms with Crippen LogP contribution in [0, 0.1) is 6.92 Å². The van der Waals surface area contributed by atoms with Crippen molar-refractivity contribution in [3.05, 3.63) is 81.6 Å². The fraction of sp³-hybridized carbons (Fsp3) is 0.292. The molecule has 0 radical (unpaired) electrons. The third-order valence-corrected chi connectivity index (χ3v) is 5.94. The van der Waals surface area contributed by atoms with E-state index in [0.717, 1.165) is 33.9 Å². The molecule has 1 aromatic carbocycles. The van der Waals surface area contributed by atoms with Crippen LogP contribution in [0.5, 0.6) is 0 Å². The molecule has 30 heavy (non-hydrogen) atoms. The van der Waals surface area contributed by atoms with Crippen LogP contribution in [0.1, 0.15) is 58.0 Å². The topological polar surface area (TPSA) is 69.0 Å². The lowest BCUT2D eigenvalue weighted by Crippen LogP contribution is -2.12. The monoisotopic (exact) mass is 420 g/mol. The van der Waals surface area contributed by atoms with E-state index in [1.807, 2.05) is 43.3 Å². The molecular weight excluding hydrogens is 396 g/mol. The fourth-order valence-corrected chi connectivity index (χ4v) is 4.51. The quantitative estimate of drug-likeness (QED) is 0.520. The summed E-state index contributed by atoms with van der Waals surface area (Å²) < 4.78 is 2.05. The van der Waals surface area contributed by atoms with Crippen molar-refractivity contribution in [2.45, 2.75) is 45.6 Å². The lowest BCUT2D eigenvalue weighted by atomic mass is 10.0. The van der Waals surface area contributed by atoms with Crippen molar-refractivity contribution in [3.8, 4) is 0 Å². The molecule has 0 amide bonds. The van der Waals surface area contributed by atoms with Gasteiger partial charge in [-0.3, -0.25) is 4.79 Å². The SMILES string of the molecule is Cc1cc(C(=O)Cc2ccccc2)n(Cc2csc(C3=CCCCC3)n2)c1.O=C=O. The number of Topliss-reactive ketones (excluding diaryl/α,β-unsaturated/α-hetero) is 1. The van der Waals surface area contributed by atoms with Crippen molar-refractivity contribution in [3.63, 3.8) is 0 Å². The molecule has 0 atom stereocenters. The van der Waals surface area contributed by atoms with E-state index in [9.17, 15) is 4.79 Å². The van der Waals surface area contributed by atoms with Gasteiger partial charge >= 0.3 is 6.15 Å². The summed E-state index contributed by atoms with van der Waals surface area (Å²) in [5, 5.41) is 3.27. The van der Waals surface area contributed by atoms with Crippen LogP contribution in [0.25, 0.3) is 5.57 Å². The van der Waals surface area contributed by atoms with Crippen molar-refractivity contribution in [1.29, 1.82) is 0 Å². The number of hydrogen-bond donors (Lipinski definition) is 0. The number of nitrogens with zero attached hydrogens (tertiary/aromatic N) is 2. The van der Waals surface area contributed by atoms with E-state index in [2.05, 4.69) is 22.2 Å². The molecule has 1 aliphatic rings. The highest BCUT2D eigenvalue weighted by molar-refractivity contribution is 7.10. The minimum Gasteiger partial charge on any atom is -0.339 e. The zero-order valence-corrected chi connectivity index (χ0v) is 17.8. The number of allylic oxidation sites excluding steroid dienone is 2. The zero-order chi connectivity index (χ0) is 21.3. The summed E-state index contributed by atoms with van der Waals surface area (Å²) in [6, 6.07) is 11.9. The highest BCUT2D eigenvalue weighted by atomic mass is 32.1. The molecule has 0 aliphatic heterocycles. The van der Waals surface area contributed by atoms with E-state index in [4.69, 9.17) is 14.6 Å². The van der Waals surface area contributed by atoms with Gasteiger partial charge < -0.3 is 4.57 Å². The smallest absolute Gasteiger partial charge is 0.339 e. The molecule has 1 aliphatic carbocycles. The number of hydrogen-bond acceptors (Lipinski definition) is 5. The summed E-state index contributed by atoms with van der Waals surface area (Å²) >= 11 is 1.72. The molecule has 0 saturated carbocycles. The Balaban J connectivity index is 0.000000806. The predicted octanol–water partition coefficient (Wildman–Crippen LogP) is 5.10. The Labute approximate surface area is 180 Å². The number of ketones is 1. The summed E-state index contributed by atoms with van der Waals surface area (Å²) in [6.45, 7) is 2.68. The number of carbonyl (C=O) groups is 1. The van der Waals surface area contributed by atoms with Crippen LogP contribution in [0.2, 0.25) is 0 Å². The Bertz CT molecular complexity index is 1060. The maximum atomic E-state index is 12.8. The van der Waals surface area contributed by atoms with E-state index in [-0.39, 0.29) is 11.9 Å². The van der Waals surface area contributed by atoms with Gasteiger partial charge in [0.15, 0.2) is 5.78 Å². The van der Waals surface area contributed by atoms with Gasteiger partial charge in [-0.2, -0.15) is 9.59 Å². The van der Waals surface area contributed by atoms with E-state index in [1.54, 1.807) is 11.3 Å². The molecular formula is C24H24N2O3S. The van der Waals surface area contributed by atoms with Gasteiger partial charge in [-0.05, 0) is 55.4 Å². The minimum absolute atomic E-state index is 0.153. The second kappa shape index (κ2) is 10.6. The van der Waals surface area contributed by atoms with Gasteiger partial charge in [-0.25, -0.2) is 4.98 Å². The Morgan fingerprint density at radius 1 is 1.20 bits per heavy atom. The van der Waals surface area contributed by atoms with Gasteiger partial charge in [0.2, 0.25) is 0 Å². The predicted molar refractivity (Wildman–Crippen MR) is 116 cm³/mol. The maximum absolute atomic E-state index is 12.8. The summed E-state index contributed by atoms with van der Waals surface area (Å²) in [4.78, 5) is 33.9. The molecule has 6 heteroatoms. The van der Waals surface area contributed by atoms with Crippen LogP contribution in [0.3, 0.4) is 0 Å². The zero-order valence-electron chi connectivity index (χ0n) is 17.0. The van der Waals surface area contributed by atoms with Crippen LogP contribution < -0.4 is 0 Å². The molecule has 3 aromatic rings. The molecule has 2 heterocycles. The number of carbonyl (C=O) groups excluding carboxylic acids is 3. The Hall–Kier alpha value is -3.08. The number of aryl methyl sites for hydroxylation is 1. The number of benzene rings is 1. The van der Waals surface area contributed by atoms with E-state index >= 15 is 0 Å². The van der Waals surface area contributed by atoms with Crippen LogP contribution in [0.4, 0.5) is 0 Å². The van der Waals surface area contributed by atoms with Crippen LogP contribution in [0.15, 0.2) is 54.1 Å².